The maximum absolute atomic E-state index is 13.2. The second-order valence-corrected chi connectivity index (χ2v) is 7.06. The van der Waals surface area contributed by atoms with E-state index in [-0.39, 0.29) is 12.4 Å². The van der Waals surface area contributed by atoms with Gasteiger partial charge >= 0.3 is 0 Å². The van der Waals surface area contributed by atoms with Crippen molar-refractivity contribution in [3.63, 3.8) is 0 Å². The molecule has 0 aromatic heterocycles. The number of rotatable bonds is 7. The van der Waals surface area contributed by atoms with Gasteiger partial charge in [0, 0.05) is 27.8 Å². The predicted molar refractivity (Wildman–Crippen MR) is 110 cm³/mol. The zero-order chi connectivity index (χ0) is 19.2. The van der Waals surface area contributed by atoms with E-state index in [9.17, 15) is 4.39 Å². The van der Waals surface area contributed by atoms with E-state index < -0.39 is 0 Å². The molecule has 0 radical (unpaired) electrons. The molecule has 3 rings (SSSR count). The van der Waals surface area contributed by atoms with Gasteiger partial charge in [-0.05, 0) is 36.4 Å². The molecule has 0 fully saturated rings. The van der Waals surface area contributed by atoms with Crippen molar-refractivity contribution >= 4 is 33.2 Å². The van der Waals surface area contributed by atoms with E-state index >= 15 is 0 Å². The van der Waals surface area contributed by atoms with Gasteiger partial charge in [-0.15, -0.1) is 0 Å². The van der Waals surface area contributed by atoms with E-state index in [0.29, 0.717) is 28.6 Å². The van der Waals surface area contributed by atoms with Gasteiger partial charge in [-0.25, -0.2) is 4.39 Å². The van der Waals surface area contributed by atoms with Crippen molar-refractivity contribution in [2.45, 2.75) is 13.2 Å². The highest BCUT2D eigenvalue weighted by Crippen LogP contribution is 2.37. The molecule has 0 bridgehead atoms. The van der Waals surface area contributed by atoms with Crippen molar-refractivity contribution in [1.29, 1.82) is 0 Å². The summed E-state index contributed by atoms with van der Waals surface area (Å²) in [5, 5.41) is 3.70. The zero-order valence-electron chi connectivity index (χ0n) is 14.6. The minimum atomic E-state index is -0.378. The molecule has 0 unspecified atom stereocenters. The molecule has 3 aromatic carbocycles. The van der Waals surface area contributed by atoms with Crippen molar-refractivity contribution in [2.24, 2.45) is 0 Å². The highest BCUT2D eigenvalue weighted by molar-refractivity contribution is 9.10. The van der Waals surface area contributed by atoms with Crippen LogP contribution in [0.4, 0.5) is 10.1 Å². The SMILES string of the molecule is COc1ccc(Br)c(CNc2ccccc2)c1OCc1ccc(F)cc1Cl. The second kappa shape index (κ2) is 9.11. The summed E-state index contributed by atoms with van der Waals surface area (Å²) in [6, 6.07) is 17.9. The molecule has 0 spiro atoms. The van der Waals surface area contributed by atoms with Crippen molar-refractivity contribution in [3.8, 4) is 11.5 Å². The molecule has 0 saturated heterocycles. The third-order valence-corrected chi connectivity index (χ3v) is 5.11. The summed E-state index contributed by atoms with van der Waals surface area (Å²) < 4.78 is 25.6. The molecule has 3 aromatic rings. The maximum Gasteiger partial charge on any atom is 0.167 e. The van der Waals surface area contributed by atoms with Crippen LogP contribution in [-0.4, -0.2) is 7.11 Å². The van der Waals surface area contributed by atoms with Gasteiger partial charge < -0.3 is 14.8 Å². The minimum absolute atomic E-state index is 0.199. The fraction of sp³-hybridized carbons (Fsp3) is 0.143. The number of nitrogens with one attached hydrogen (secondary N) is 1. The van der Waals surface area contributed by atoms with Gasteiger partial charge in [0.25, 0.3) is 0 Å². The van der Waals surface area contributed by atoms with E-state index in [1.165, 1.54) is 12.1 Å². The minimum Gasteiger partial charge on any atom is -0.493 e. The first-order chi connectivity index (χ1) is 13.1. The van der Waals surface area contributed by atoms with Gasteiger partial charge in [-0.3, -0.25) is 0 Å². The standard InChI is InChI=1S/C21H18BrClFNO2/c1-26-20-10-9-18(22)17(12-25-16-5-3-2-4-6-16)21(20)27-13-14-7-8-15(24)11-19(14)23/h2-11,25H,12-13H2,1H3. The molecule has 0 amide bonds. The summed E-state index contributed by atoms with van der Waals surface area (Å²) >= 11 is 9.69. The Bertz CT molecular complexity index is 922. The Hall–Kier alpha value is -2.24. The average Bonchev–Trinajstić information content (AvgIpc) is 2.67. The topological polar surface area (TPSA) is 30.5 Å². The van der Waals surface area contributed by atoms with Crippen molar-refractivity contribution in [3.05, 3.63) is 87.1 Å². The first kappa shape index (κ1) is 19.5. The molecule has 27 heavy (non-hydrogen) atoms. The van der Waals surface area contributed by atoms with Gasteiger partial charge in [0.05, 0.1) is 12.1 Å². The first-order valence-electron chi connectivity index (χ1n) is 8.29. The van der Waals surface area contributed by atoms with E-state index in [2.05, 4.69) is 21.2 Å². The largest absolute Gasteiger partial charge is 0.493 e. The monoisotopic (exact) mass is 449 g/mol. The highest BCUT2D eigenvalue weighted by atomic mass is 79.9. The Balaban J connectivity index is 1.84. The number of ether oxygens (including phenoxy) is 2. The highest BCUT2D eigenvalue weighted by Gasteiger charge is 2.15. The van der Waals surface area contributed by atoms with Crippen LogP contribution in [0.5, 0.6) is 11.5 Å². The van der Waals surface area contributed by atoms with Crippen LogP contribution in [0.2, 0.25) is 5.02 Å². The molecular weight excluding hydrogens is 433 g/mol. The quantitative estimate of drug-likeness (QED) is 0.449. The number of anilines is 1. The Kier molecular flexibility index (Phi) is 6.58. The van der Waals surface area contributed by atoms with E-state index in [0.717, 1.165) is 15.7 Å². The molecule has 0 heterocycles. The molecule has 3 nitrogen and oxygen atoms in total. The van der Waals surface area contributed by atoms with Crippen LogP contribution in [0.3, 0.4) is 0 Å². The van der Waals surface area contributed by atoms with Crippen molar-refractivity contribution in [1.82, 2.24) is 0 Å². The Morgan fingerprint density at radius 1 is 1.07 bits per heavy atom. The second-order valence-electron chi connectivity index (χ2n) is 5.80. The van der Waals surface area contributed by atoms with E-state index in [1.54, 1.807) is 13.2 Å². The van der Waals surface area contributed by atoms with Crippen molar-refractivity contribution < 1.29 is 13.9 Å². The van der Waals surface area contributed by atoms with Gasteiger partial charge in [0.1, 0.15) is 12.4 Å². The molecule has 0 aliphatic carbocycles. The number of benzene rings is 3. The van der Waals surface area contributed by atoms with E-state index in [4.69, 9.17) is 21.1 Å². The number of methoxy groups -OCH3 is 1. The summed E-state index contributed by atoms with van der Waals surface area (Å²) in [4.78, 5) is 0. The predicted octanol–water partition coefficient (Wildman–Crippen LogP) is 6.44. The average molecular weight is 451 g/mol. The molecule has 6 heteroatoms. The Labute approximate surface area is 171 Å². The van der Waals surface area contributed by atoms with Crippen molar-refractivity contribution in [2.75, 3.05) is 12.4 Å². The molecule has 0 saturated carbocycles. The summed E-state index contributed by atoms with van der Waals surface area (Å²) in [7, 11) is 1.59. The van der Waals surface area contributed by atoms with Gasteiger partial charge in [-0.1, -0.05) is 51.8 Å². The molecule has 1 N–H and O–H groups in total. The van der Waals surface area contributed by atoms with Crippen LogP contribution in [0.15, 0.2) is 65.1 Å². The lowest BCUT2D eigenvalue weighted by molar-refractivity contribution is 0.281. The maximum atomic E-state index is 13.2. The van der Waals surface area contributed by atoms with Crippen LogP contribution < -0.4 is 14.8 Å². The van der Waals surface area contributed by atoms with Crippen LogP contribution >= 0.6 is 27.5 Å². The molecule has 0 aliphatic rings. The third kappa shape index (κ3) is 4.93. The fourth-order valence-corrected chi connectivity index (χ4v) is 3.28. The smallest absolute Gasteiger partial charge is 0.167 e. The van der Waals surface area contributed by atoms with Gasteiger partial charge in [0.15, 0.2) is 11.5 Å². The molecule has 140 valence electrons. The van der Waals surface area contributed by atoms with Crippen LogP contribution in [-0.2, 0) is 13.2 Å². The fourth-order valence-electron chi connectivity index (χ4n) is 2.60. The molecular formula is C21H18BrClFNO2. The van der Waals surface area contributed by atoms with Crippen LogP contribution in [0.1, 0.15) is 11.1 Å². The van der Waals surface area contributed by atoms with Crippen LogP contribution in [0, 0.1) is 5.82 Å². The number of halogens is 3. The third-order valence-electron chi connectivity index (χ3n) is 4.02. The zero-order valence-corrected chi connectivity index (χ0v) is 17.0. The summed E-state index contributed by atoms with van der Waals surface area (Å²) in [5.41, 5.74) is 2.61. The lowest BCUT2D eigenvalue weighted by Crippen LogP contribution is -2.06. The van der Waals surface area contributed by atoms with E-state index in [1.807, 2.05) is 42.5 Å². The molecule has 0 atom stereocenters. The van der Waals surface area contributed by atoms with Gasteiger partial charge in [-0.2, -0.15) is 0 Å². The normalized spacial score (nSPS) is 10.5. The first-order valence-corrected chi connectivity index (χ1v) is 9.46. The number of hydrogen-bond donors (Lipinski definition) is 1. The molecule has 0 aliphatic heterocycles. The lowest BCUT2D eigenvalue weighted by Gasteiger charge is -2.18. The van der Waals surface area contributed by atoms with Crippen LogP contribution in [0.25, 0.3) is 0 Å². The number of hydrogen-bond acceptors (Lipinski definition) is 3. The summed E-state index contributed by atoms with van der Waals surface area (Å²) in [6.45, 7) is 0.735. The lowest BCUT2D eigenvalue weighted by atomic mass is 10.1. The summed E-state index contributed by atoms with van der Waals surface area (Å²) in [6.07, 6.45) is 0. The van der Waals surface area contributed by atoms with Gasteiger partial charge in [0.2, 0.25) is 0 Å². The summed E-state index contributed by atoms with van der Waals surface area (Å²) in [5.74, 6) is 0.841. The number of para-hydroxylation sites is 1. The Morgan fingerprint density at radius 2 is 1.85 bits per heavy atom. The Morgan fingerprint density at radius 3 is 2.56 bits per heavy atom.